The number of piperazine rings is 1. The van der Waals surface area contributed by atoms with E-state index in [1.807, 2.05) is 23.1 Å². The van der Waals surface area contributed by atoms with Crippen LogP contribution in [0.25, 0.3) is 6.08 Å². The Labute approximate surface area is 177 Å². The zero-order chi connectivity index (χ0) is 22.0. The molecule has 31 heavy (non-hydrogen) atoms. The summed E-state index contributed by atoms with van der Waals surface area (Å²) in [5.41, 5.74) is 1.34. The van der Waals surface area contributed by atoms with Gasteiger partial charge in [-0.3, -0.25) is 25.0 Å². The van der Waals surface area contributed by atoms with Gasteiger partial charge in [-0.1, -0.05) is 18.2 Å². The number of amides is 4. The number of rotatable bonds is 4. The van der Waals surface area contributed by atoms with Crippen molar-refractivity contribution in [3.8, 4) is 0 Å². The van der Waals surface area contributed by atoms with E-state index in [9.17, 15) is 24.5 Å². The highest BCUT2D eigenvalue weighted by molar-refractivity contribution is 6.14. The molecule has 2 aliphatic rings. The summed E-state index contributed by atoms with van der Waals surface area (Å²) in [5.74, 6) is -0.671. The maximum atomic E-state index is 12.6. The standard InChI is InChI=1S/C21H19N5O5/c27-19-17(22-21(29)23-19)13-15-12-16(6-7-18(15)26(30)31)24-8-10-25(11-9-24)20(28)14-4-2-1-3-5-14/h1-7,12-13H,8-11H2,(H2,22,23,27,29)/b17-13+. The van der Waals surface area contributed by atoms with Gasteiger partial charge in [0, 0.05) is 43.5 Å². The number of nitro benzene ring substituents is 1. The molecular weight excluding hydrogens is 402 g/mol. The largest absolute Gasteiger partial charge is 0.368 e. The van der Waals surface area contributed by atoms with E-state index >= 15 is 0 Å². The Hall–Kier alpha value is -4.21. The number of nitrogens with one attached hydrogen (secondary N) is 2. The first kappa shape index (κ1) is 20.1. The fraction of sp³-hybridized carbons (Fsp3) is 0.190. The molecule has 0 atom stereocenters. The van der Waals surface area contributed by atoms with E-state index in [-0.39, 0.29) is 22.9 Å². The smallest absolute Gasteiger partial charge is 0.326 e. The Morgan fingerprint density at radius 2 is 1.71 bits per heavy atom. The first-order valence-electron chi connectivity index (χ1n) is 9.64. The Bertz CT molecular complexity index is 1090. The number of nitro groups is 1. The van der Waals surface area contributed by atoms with Gasteiger partial charge in [-0.15, -0.1) is 0 Å². The Morgan fingerprint density at radius 1 is 1.00 bits per heavy atom. The van der Waals surface area contributed by atoms with Gasteiger partial charge in [-0.2, -0.15) is 0 Å². The van der Waals surface area contributed by atoms with E-state index in [0.717, 1.165) is 5.69 Å². The highest BCUT2D eigenvalue weighted by Gasteiger charge is 2.26. The minimum absolute atomic E-state index is 0.0302. The van der Waals surface area contributed by atoms with Crippen LogP contribution in [-0.4, -0.2) is 53.8 Å². The molecule has 0 saturated carbocycles. The van der Waals surface area contributed by atoms with Gasteiger partial charge < -0.3 is 15.1 Å². The fourth-order valence-corrected chi connectivity index (χ4v) is 3.59. The van der Waals surface area contributed by atoms with E-state index in [4.69, 9.17) is 0 Å². The Kier molecular flexibility index (Phi) is 5.35. The highest BCUT2D eigenvalue weighted by Crippen LogP contribution is 2.28. The minimum atomic E-state index is -0.672. The van der Waals surface area contributed by atoms with Crippen LogP contribution in [0.1, 0.15) is 15.9 Å². The van der Waals surface area contributed by atoms with Crippen LogP contribution < -0.4 is 15.5 Å². The minimum Gasteiger partial charge on any atom is -0.368 e. The normalized spacial score (nSPS) is 17.5. The van der Waals surface area contributed by atoms with Crippen molar-refractivity contribution in [2.75, 3.05) is 31.1 Å². The molecule has 2 saturated heterocycles. The molecule has 0 unspecified atom stereocenters. The number of carbonyl (C=O) groups is 3. The van der Waals surface area contributed by atoms with Crippen LogP contribution in [0.5, 0.6) is 0 Å². The molecule has 158 valence electrons. The average Bonchev–Trinajstić information content (AvgIpc) is 3.10. The third-order valence-electron chi connectivity index (χ3n) is 5.18. The molecule has 4 rings (SSSR count). The summed E-state index contributed by atoms with van der Waals surface area (Å²) in [6.45, 7) is 2.15. The summed E-state index contributed by atoms with van der Waals surface area (Å²) in [4.78, 5) is 50.4. The van der Waals surface area contributed by atoms with Crippen LogP contribution >= 0.6 is 0 Å². The van der Waals surface area contributed by atoms with E-state index in [2.05, 4.69) is 10.6 Å². The van der Waals surface area contributed by atoms with Crippen molar-refractivity contribution in [2.45, 2.75) is 0 Å². The maximum Gasteiger partial charge on any atom is 0.326 e. The van der Waals surface area contributed by atoms with Crippen molar-refractivity contribution < 1.29 is 19.3 Å². The predicted molar refractivity (Wildman–Crippen MR) is 112 cm³/mol. The van der Waals surface area contributed by atoms with Crippen molar-refractivity contribution in [1.82, 2.24) is 15.5 Å². The lowest BCUT2D eigenvalue weighted by atomic mass is 10.1. The molecule has 0 aromatic heterocycles. The number of hydrogen-bond acceptors (Lipinski definition) is 6. The summed E-state index contributed by atoms with van der Waals surface area (Å²) in [5, 5.41) is 15.8. The first-order chi connectivity index (χ1) is 14.9. The Balaban J connectivity index is 1.52. The van der Waals surface area contributed by atoms with Gasteiger partial charge in [0.15, 0.2) is 0 Å². The average molecular weight is 421 g/mol. The lowest BCUT2D eigenvalue weighted by Gasteiger charge is -2.36. The molecule has 0 aliphatic carbocycles. The van der Waals surface area contributed by atoms with E-state index in [1.165, 1.54) is 12.1 Å². The molecule has 0 spiro atoms. The number of benzene rings is 2. The molecule has 2 aromatic carbocycles. The zero-order valence-electron chi connectivity index (χ0n) is 16.4. The number of urea groups is 1. The highest BCUT2D eigenvalue weighted by atomic mass is 16.6. The second kappa shape index (κ2) is 8.27. The Morgan fingerprint density at radius 3 is 2.32 bits per heavy atom. The molecule has 2 aliphatic heterocycles. The first-order valence-corrected chi connectivity index (χ1v) is 9.64. The second-order valence-electron chi connectivity index (χ2n) is 7.11. The van der Waals surface area contributed by atoms with Gasteiger partial charge in [-0.05, 0) is 30.3 Å². The van der Waals surface area contributed by atoms with Gasteiger partial charge in [0.25, 0.3) is 17.5 Å². The summed E-state index contributed by atoms with van der Waals surface area (Å²) >= 11 is 0. The summed E-state index contributed by atoms with van der Waals surface area (Å²) in [6, 6.07) is 13.0. The van der Waals surface area contributed by atoms with Crippen LogP contribution in [0.15, 0.2) is 54.2 Å². The molecule has 2 fully saturated rings. The summed E-state index contributed by atoms with van der Waals surface area (Å²) in [7, 11) is 0. The molecule has 0 bridgehead atoms. The van der Waals surface area contributed by atoms with Gasteiger partial charge in [-0.25, -0.2) is 4.79 Å². The number of imide groups is 1. The summed E-state index contributed by atoms with van der Waals surface area (Å²) < 4.78 is 0. The van der Waals surface area contributed by atoms with Gasteiger partial charge in [0.05, 0.1) is 10.5 Å². The molecule has 10 heteroatoms. The third-order valence-corrected chi connectivity index (χ3v) is 5.18. The number of carbonyl (C=O) groups excluding carboxylic acids is 3. The molecule has 10 nitrogen and oxygen atoms in total. The fourth-order valence-electron chi connectivity index (χ4n) is 3.59. The lowest BCUT2D eigenvalue weighted by molar-refractivity contribution is -0.385. The number of hydrogen-bond donors (Lipinski definition) is 2. The van der Waals surface area contributed by atoms with E-state index < -0.39 is 16.9 Å². The van der Waals surface area contributed by atoms with Crippen molar-refractivity contribution in [3.63, 3.8) is 0 Å². The second-order valence-corrected chi connectivity index (χ2v) is 7.11. The van der Waals surface area contributed by atoms with Crippen LogP contribution in [0.2, 0.25) is 0 Å². The van der Waals surface area contributed by atoms with Crippen LogP contribution in [0.3, 0.4) is 0 Å². The predicted octanol–water partition coefficient (Wildman–Crippen LogP) is 1.74. The maximum absolute atomic E-state index is 12.6. The van der Waals surface area contributed by atoms with Crippen LogP contribution in [-0.2, 0) is 4.79 Å². The van der Waals surface area contributed by atoms with Crippen LogP contribution in [0.4, 0.5) is 16.2 Å². The van der Waals surface area contributed by atoms with Gasteiger partial charge in [0.1, 0.15) is 5.70 Å². The van der Waals surface area contributed by atoms with E-state index in [1.54, 1.807) is 29.2 Å². The molecular formula is C21H19N5O5. The lowest BCUT2D eigenvalue weighted by Crippen LogP contribution is -2.48. The van der Waals surface area contributed by atoms with Crippen molar-refractivity contribution in [3.05, 3.63) is 75.5 Å². The van der Waals surface area contributed by atoms with Gasteiger partial charge in [0.2, 0.25) is 0 Å². The third kappa shape index (κ3) is 4.22. The molecule has 4 amide bonds. The quantitative estimate of drug-likeness (QED) is 0.335. The molecule has 2 aromatic rings. The van der Waals surface area contributed by atoms with Crippen molar-refractivity contribution in [2.24, 2.45) is 0 Å². The summed E-state index contributed by atoms with van der Waals surface area (Å²) in [6.07, 6.45) is 1.29. The van der Waals surface area contributed by atoms with Crippen LogP contribution in [0, 0.1) is 10.1 Å². The monoisotopic (exact) mass is 421 g/mol. The van der Waals surface area contributed by atoms with Crippen molar-refractivity contribution >= 4 is 35.3 Å². The molecule has 2 N–H and O–H groups in total. The SMILES string of the molecule is O=C1NC(=O)/C(=C\c2cc(N3CCN(C(=O)c4ccccc4)CC3)ccc2[N+](=O)[O-])N1. The number of nitrogens with zero attached hydrogens (tertiary/aromatic N) is 3. The number of anilines is 1. The topological polar surface area (TPSA) is 125 Å². The van der Waals surface area contributed by atoms with Crippen molar-refractivity contribution in [1.29, 1.82) is 0 Å². The van der Waals surface area contributed by atoms with E-state index in [0.29, 0.717) is 31.7 Å². The molecule has 2 heterocycles. The molecule has 0 radical (unpaired) electrons. The zero-order valence-corrected chi connectivity index (χ0v) is 16.4. The van der Waals surface area contributed by atoms with Gasteiger partial charge >= 0.3 is 6.03 Å².